The van der Waals surface area contributed by atoms with Crippen molar-refractivity contribution < 1.29 is 9.53 Å². The quantitative estimate of drug-likeness (QED) is 0.873. The number of piperidine rings is 1. The van der Waals surface area contributed by atoms with Gasteiger partial charge in [-0.1, -0.05) is 6.42 Å². The maximum atomic E-state index is 12.7. The zero-order chi connectivity index (χ0) is 17.5. The minimum Gasteiger partial charge on any atom is -0.481 e. The van der Waals surface area contributed by atoms with E-state index >= 15 is 0 Å². The van der Waals surface area contributed by atoms with E-state index in [9.17, 15) is 4.79 Å². The molecule has 0 spiro atoms. The van der Waals surface area contributed by atoms with E-state index in [2.05, 4.69) is 20.2 Å². The van der Waals surface area contributed by atoms with Crippen LogP contribution in [0.4, 0.5) is 0 Å². The topological polar surface area (TPSA) is 67.3 Å². The number of amides is 1. The van der Waals surface area contributed by atoms with Crippen molar-refractivity contribution in [3.63, 3.8) is 0 Å². The van der Waals surface area contributed by atoms with Crippen LogP contribution in [0.3, 0.4) is 0 Å². The number of likely N-dealkylation sites (tertiary alicyclic amines) is 1. The molecule has 6 heteroatoms. The average molecular weight is 340 g/mol. The summed E-state index contributed by atoms with van der Waals surface area (Å²) in [5.41, 5.74) is 2.17. The highest BCUT2D eigenvalue weighted by Crippen LogP contribution is 2.20. The Bertz CT molecular complexity index is 693. The number of ether oxygens (including phenoxy) is 1. The number of carbonyl (C=O) groups excluding carboxylic acids is 1. The number of hydrogen-bond donors (Lipinski definition) is 1. The zero-order valence-electron chi connectivity index (χ0n) is 14.5. The molecule has 0 aromatic carbocycles. The van der Waals surface area contributed by atoms with Gasteiger partial charge in [0.25, 0.3) is 0 Å². The van der Waals surface area contributed by atoms with E-state index in [1.807, 2.05) is 24.3 Å². The van der Waals surface area contributed by atoms with Gasteiger partial charge in [-0.05, 0) is 48.7 Å². The van der Waals surface area contributed by atoms with Gasteiger partial charge in [-0.15, -0.1) is 0 Å². The molecule has 25 heavy (non-hydrogen) atoms. The zero-order valence-corrected chi connectivity index (χ0v) is 14.5. The van der Waals surface area contributed by atoms with E-state index in [-0.39, 0.29) is 11.9 Å². The average Bonchev–Trinajstić information content (AvgIpc) is 2.67. The molecule has 3 heterocycles. The molecule has 1 N–H and O–H groups in total. The lowest BCUT2D eigenvalue weighted by atomic mass is 10.0. The molecule has 1 aliphatic rings. The second-order valence-electron chi connectivity index (χ2n) is 6.26. The molecule has 0 bridgehead atoms. The summed E-state index contributed by atoms with van der Waals surface area (Å²) in [4.78, 5) is 23.1. The Kier molecular flexibility index (Phi) is 5.95. The molecule has 1 saturated heterocycles. The van der Waals surface area contributed by atoms with Crippen LogP contribution < -0.4 is 10.1 Å². The Balaban J connectivity index is 1.60. The van der Waals surface area contributed by atoms with Gasteiger partial charge >= 0.3 is 0 Å². The Hall–Kier alpha value is -2.47. The molecule has 0 unspecified atom stereocenters. The molecule has 2 aromatic rings. The summed E-state index contributed by atoms with van der Waals surface area (Å²) in [7, 11) is 1.59. The van der Waals surface area contributed by atoms with Gasteiger partial charge in [-0.25, -0.2) is 4.98 Å². The van der Waals surface area contributed by atoms with E-state index in [4.69, 9.17) is 4.74 Å². The van der Waals surface area contributed by atoms with Crippen LogP contribution in [0.1, 0.15) is 30.4 Å². The first kappa shape index (κ1) is 17.4. The molecule has 132 valence electrons. The summed E-state index contributed by atoms with van der Waals surface area (Å²) in [6, 6.07) is 7.67. The number of aromatic nitrogens is 2. The highest BCUT2D eigenvalue weighted by molar-refractivity contribution is 5.81. The van der Waals surface area contributed by atoms with Crippen molar-refractivity contribution in [1.29, 1.82) is 0 Å². The predicted octanol–water partition coefficient (Wildman–Crippen LogP) is 2.16. The second kappa shape index (κ2) is 8.58. The number of hydrogen-bond acceptors (Lipinski definition) is 5. The number of carbonyl (C=O) groups is 1. The van der Waals surface area contributed by atoms with Gasteiger partial charge in [0.15, 0.2) is 0 Å². The van der Waals surface area contributed by atoms with Gasteiger partial charge in [0.05, 0.1) is 13.2 Å². The maximum absolute atomic E-state index is 12.7. The van der Waals surface area contributed by atoms with Crippen LogP contribution in [0.15, 0.2) is 42.9 Å². The monoisotopic (exact) mass is 340 g/mol. The number of nitrogens with zero attached hydrogens (tertiary/aromatic N) is 3. The summed E-state index contributed by atoms with van der Waals surface area (Å²) in [5, 5.41) is 3.06. The minimum absolute atomic E-state index is 0.0781. The molecule has 1 fully saturated rings. The molecule has 3 rings (SSSR count). The van der Waals surface area contributed by atoms with Crippen LogP contribution in [0, 0.1) is 0 Å². The van der Waals surface area contributed by atoms with Crippen LogP contribution in [0.5, 0.6) is 5.88 Å². The fourth-order valence-corrected chi connectivity index (χ4v) is 3.18. The van der Waals surface area contributed by atoms with E-state index < -0.39 is 0 Å². The Morgan fingerprint density at radius 3 is 2.84 bits per heavy atom. The van der Waals surface area contributed by atoms with Crippen LogP contribution in [0.25, 0.3) is 0 Å². The third-order valence-corrected chi connectivity index (χ3v) is 4.53. The van der Waals surface area contributed by atoms with Crippen molar-refractivity contribution in [3.05, 3.63) is 54.0 Å². The summed E-state index contributed by atoms with van der Waals surface area (Å²) in [6.45, 7) is 2.21. The molecule has 1 aliphatic heterocycles. The molecule has 1 atom stereocenters. The van der Waals surface area contributed by atoms with Crippen LogP contribution in [-0.2, 0) is 17.9 Å². The summed E-state index contributed by atoms with van der Waals surface area (Å²) in [6.07, 6.45) is 8.41. The first-order valence-corrected chi connectivity index (χ1v) is 8.66. The van der Waals surface area contributed by atoms with Gasteiger partial charge < -0.3 is 10.1 Å². The van der Waals surface area contributed by atoms with Gasteiger partial charge in [0, 0.05) is 37.7 Å². The van der Waals surface area contributed by atoms with Crippen LogP contribution in [-0.4, -0.2) is 40.5 Å². The number of nitrogens with one attached hydrogen (secondary N) is 1. The van der Waals surface area contributed by atoms with Crippen LogP contribution >= 0.6 is 0 Å². The van der Waals surface area contributed by atoms with Crippen molar-refractivity contribution in [2.45, 2.75) is 38.4 Å². The van der Waals surface area contributed by atoms with Gasteiger partial charge in [0.2, 0.25) is 11.8 Å². The number of pyridine rings is 2. The molecule has 0 saturated carbocycles. The van der Waals surface area contributed by atoms with Gasteiger partial charge in [-0.3, -0.25) is 14.7 Å². The SMILES string of the molecule is COc1cc(CNC(=O)[C@@H]2CCCCN2Cc2ccncc2)ccn1. The highest BCUT2D eigenvalue weighted by Gasteiger charge is 2.28. The Labute approximate surface area is 148 Å². The summed E-state index contributed by atoms with van der Waals surface area (Å²) >= 11 is 0. The van der Waals surface area contributed by atoms with Crippen molar-refractivity contribution in [2.24, 2.45) is 0 Å². The molecular formula is C19H24N4O2. The Morgan fingerprint density at radius 1 is 1.24 bits per heavy atom. The molecule has 6 nitrogen and oxygen atoms in total. The smallest absolute Gasteiger partial charge is 0.237 e. The number of rotatable bonds is 6. The molecule has 1 amide bonds. The first-order chi connectivity index (χ1) is 12.3. The molecule has 0 radical (unpaired) electrons. The van der Waals surface area contributed by atoms with Gasteiger partial charge in [-0.2, -0.15) is 0 Å². The number of methoxy groups -OCH3 is 1. The lowest BCUT2D eigenvalue weighted by Crippen LogP contribution is -2.48. The molecule has 0 aliphatic carbocycles. The minimum atomic E-state index is -0.0781. The highest BCUT2D eigenvalue weighted by atomic mass is 16.5. The fraction of sp³-hybridized carbons (Fsp3) is 0.421. The van der Waals surface area contributed by atoms with Crippen molar-refractivity contribution >= 4 is 5.91 Å². The first-order valence-electron chi connectivity index (χ1n) is 8.66. The van der Waals surface area contributed by atoms with Crippen molar-refractivity contribution in [1.82, 2.24) is 20.2 Å². The normalized spacial score (nSPS) is 17.9. The van der Waals surface area contributed by atoms with Gasteiger partial charge in [0.1, 0.15) is 0 Å². The lowest BCUT2D eigenvalue weighted by Gasteiger charge is -2.34. The van der Waals surface area contributed by atoms with E-state index in [1.165, 1.54) is 5.56 Å². The summed E-state index contributed by atoms with van der Waals surface area (Å²) < 4.78 is 5.12. The van der Waals surface area contributed by atoms with E-state index in [1.54, 1.807) is 25.7 Å². The summed E-state index contributed by atoms with van der Waals surface area (Å²) in [5.74, 6) is 0.647. The third-order valence-electron chi connectivity index (χ3n) is 4.53. The van der Waals surface area contributed by atoms with Crippen molar-refractivity contribution in [3.8, 4) is 5.88 Å². The lowest BCUT2D eigenvalue weighted by molar-refractivity contribution is -0.128. The van der Waals surface area contributed by atoms with E-state index in [0.29, 0.717) is 12.4 Å². The third kappa shape index (κ3) is 4.76. The van der Waals surface area contributed by atoms with Crippen LogP contribution in [0.2, 0.25) is 0 Å². The van der Waals surface area contributed by atoms with Crippen molar-refractivity contribution in [2.75, 3.05) is 13.7 Å². The largest absolute Gasteiger partial charge is 0.481 e. The fourth-order valence-electron chi connectivity index (χ4n) is 3.18. The standard InChI is InChI=1S/C19H24N4O2/c1-25-18-12-16(7-10-21-18)13-22-19(24)17-4-2-3-11-23(17)14-15-5-8-20-9-6-15/h5-10,12,17H,2-4,11,13-14H2,1H3,(H,22,24)/t17-/m0/s1. The molecular weight excluding hydrogens is 316 g/mol. The Morgan fingerprint density at radius 2 is 2.04 bits per heavy atom. The predicted molar refractivity (Wildman–Crippen MR) is 94.9 cm³/mol. The maximum Gasteiger partial charge on any atom is 0.237 e. The molecule has 2 aromatic heterocycles. The van der Waals surface area contributed by atoms with E-state index in [0.717, 1.165) is 37.9 Å². The second-order valence-corrected chi connectivity index (χ2v) is 6.26.